The van der Waals surface area contributed by atoms with Crippen molar-refractivity contribution in [1.29, 1.82) is 0 Å². The Morgan fingerprint density at radius 1 is 1.23 bits per heavy atom. The van der Waals surface area contributed by atoms with E-state index in [0.29, 0.717) is 12.1 Å². The summed E-state index contributed by atoms with van der Waals surface area (Å²) in [7, 11) is 0. The molecule has 1 N–H and O–H groups in total. The highest BCUT2D eigenvalue weighted by Crippen LogP contribution is 2.23. The minimum atomic E-state index is -0.389. The Hall–Kier alpha value is -2.11. The smallest absolute Gasteiger partial charge is 0.336 e. The van der Waals surface area contributed by atoms with Crippen molar-refractivity contribution in [2.24, 2.45) is 0 Å². The third-order valence-corrected chi connectivity index (χ3v) is 4.48. The number of phenols is 1. The van der Waals surface area contributed by atoms with Gasteiger partial charge in [0.25, 0.3) is 0 Å². The number of hydrogen-bond acceptors (Lipinski definition) is 5. The Kier molecular flexibility index (Phi) is 4.27. The predicted molar refractivity (Wildman–Crippen MR) is 88.3 cm³/mol. The molecule has 0 amide bonds. The molecule has 3 aromatic rings. The van der Waals surface area contributed by atoms with Crippen LogP contribution in [-0.2, 0) is 13.1 Å². The molecule has 3 rings (SSSR count). The number of benzene rings is 1. The van der Waals surface area contributed by atoms with E-state index >= 15 is 0 Å². The Morgan fingerprint density at radius 3 is 2.82 bits per heavy atom. The summed E-state index contributed by atoms with van der Waals surface area (Å²) < 4.78 is 5.17. The Bertz CT molecular complexity index is 824. The molecule has 0 radical (unpaired) electrons. The first-order valence-electron chi connectivity index (χ1n) is 7.16. The highest BCUT2D eigenvalue weighted by molar-refractivity contribution is 7.09. The fourth-order valence-electron chi connectivity index (χ4n) is 2.49. The predicted octanol–water partition coefficient (Wildman–Crippen LogP) is 3.58. The van der Waals surface area contributed by atoms with Crippen LogP contribution in [0.2, 0.25) is 0 Å². The van der Waals surface area contributed by atoms with Gasteiger partial charge in [0.2, 0.25) is 0 Å². The van der Waals surface area contributed by atoms with E-state index in [9.17, 15) is 9.90 Å². The molecule has 0 aliphatic heterocycles. The van der Waals surface area contributed by atoms with Crippen LogP contribution >= 0.6 is 11.3 Å². The number of fused-ring (bicyclic) bond motifs is 1. The number of nitrogens with zero attached hydrogens (tertiary/aromatic N) is 1. The molecule has 0 aliphatic carbocycles. The van der Waals surface area contributed by atoms with Crippen LogP contribution in [0.3, 0.4) is 0 Å². The summed E-state index contributed by atoms with van der Waals surface area (Å²) in [5.74, 6) is 0.0960. The van der Waals surface area contributed by atoms with E-state index in [4.69, 9.17) is 4.42 Å². The zero-order chi connectivity index (χ0) is 15.5. The van der Waals surface area contributed by atoms with Gasteiger partial charge in [-0.2, -0.15) is 0 Å². The van der Waals surface area contributed by atoms with Crippen LogP contribution in [0.25, 0.3) is 11.0 Å². The molecule has 22 heavy (non-hydrogen) atoms. The summed E-state index contributed by atoms with van der Waals surface area (Å²) in [4.78, 5) is 15.3. The molecule has 0 bridgehead atoms. The van der Waals surface area contributed by atoms with Crippen molar-refractivity contribution in [1.82, 2.24) is 4.90 Å². The Morgan fingerprint density at radius 2 is 2.09 bits per heavy atom. The van der Waals surface area contributed by atoms with E-state index in [2.05, 4.69) is 23.3 Å². The van der Waals surface area contributed by atoms with E-state index in [1.54, 1.807) is 23.5 Å². The quantitative estimate of drug-likeness (QED) is 0.731. The molecule has 0 fully saturated rings. The molecule has 0 spiro atoms. The molecule has 5 heteroatoms. The molecule has 2 heterocycles. The van der Waals surface area contributed by atoms with Crippen molar-refractivity contribution in [3.63, 3.8) is 0 Å². The van der Waals surface area contributed by atoms with E-state index in [0.717, 1.165) is 24.0 Å². The number of thiophene rings is 1. The second-order valence-corrected chi connectivity index (χ2v) is 6.19. The average Bonchev–Trinajstić information content (AvgIpc) is 2.98. The maximum atomic E-state index is 11.7. The van der Waals surface area contributed by atoms with Crippen molar-refractivity contribution in [2.75, 3.05) is 6.54 Å². The first-order chi connectivity index (χ1) is 10.7. The third kappa shape index (κ3) is 3.21. The van der Waals surface area contributed by atoms with Crippen molar-refractivity contribution in [2.45, 2.75) is 20.0 Å². The molecule has 4 nitrogen and oxygen atoms in total. The molecular weight excluding hydrogens is 298 g/mol. The maximum absolute atomic E-state index is 11.7. The van der Waals surface area contributed by atoms with E-state index in [-0.39, 0.29) is 11.4 Å². The van der Waals surface area contributed by atoms with Crippen LogP contribution in [0.1, 0.15) is 17.4 Å². The Labute approximate surface area is 132 Å². The van der Waals surface area contributed by atoms with Crippen LogP contribution in [0.15, 0.2) is 51.0 Å². The first kappa shape index (κ1) is 14.8. The largest absolute Gasteiger partial charge is 0.508 e. The first-order valence-corrected chi connectivity index (χ1v) is 8.04. The summed E-state index contributed by atoms with van der Waals surface area (Å²) >= 11 is 1.73. The van der Waals surface area contributed by atoms with Crippen molar-refractivity contribution >= 4 is 22.3 Å². The van der Waals surface area contributed by atoms with Gasteiger partial charge in [-0.05, 0) is 35.7 Å². The van der Waals surface area contributed by atoms with Crippen LogP contribution < -0.4 is 5.63 Å². The van der Waals surface area contributed by atoms with Gasteiger partial charge in [-0.25, -0.2) is 4.79 Å². The van der Waals surface area contributed by atoms with Gasteiger partial charge in [0, 0.05) is 35.5 Å². The second kappa shape index (κ2) is 6.34. The fourth-order valence-corrected chi connectivity index (χ4v) is 3.24. The normalized spacial score (nSPS) is 11.4. The van der Waals surface area contributed by atoms with Gasteiger partial charge in [0.15, 0.2) is 0 Å². The van der Waals surface area contributed by atoms with Gasteiger partial charge in [0.1, 0.15) is 11.3 Å². The lowest BCUT2D eigenvalue weighted by molar-refractivity contribution is 0.274. The molecule has 0 saturated heterocycles. The standard InChI is InChI=1S/C17H17NO3S/c1-2-18(11-14-4-3-7-22-14)10-12-8-17(20)21-16-9-13(19)5-6-15(12)16/h3-9,19H,2,10-11H2,1H3. The van der Waals surface area contributed by atoms with Crippen LogP contribution in [-0.4, -0.2) is 16.6 Å². The summed E-state index contributed by atoms with van der Waals surface area (Å²) in [5, 5.41) is 12.5. The third-order valence-electron chi connectivity index (χ3n) is 3.61. The lowest BCUT2D eigenvalue weighted by atomic mass is 10.1. The van der Waals surface area contributed by atoms with Gasteiger partial charge in [0.05, 0.1) is 0 Å². The SMILES string of the molecule is CCN(Cc1cccs1)Cc1cc(=O)oc2cc(O)ccc12. The number of phenolic OH excluding ortho intramolecular Hbond substituents is 1. The molecule has 0 aliphatic rings. The molecule has 0 atom stereocenters. The van der Waals surface area contributed by atoms with Crippen molar-refractivity contribution in [3.8, 4) is 5.75 Å². The molecule has 114 valence electrons. The zero-order valence-corrected chi connectivity index (χ0v) is 13.1. The van der Waals surface area contributed by atoms with Crippen molar-refractivity contribution < 1.29 is 9.52 Å². The number of aromatic hydroxyl groups is 1. The zero-order valence-electron chi connectivity index (χ0n) is 12.3. The lowest BCUT2D eigenvalue weighted by Crippen LogP contribution is -2.22. The lowest BCUT2D eigenvalue weighted by Gasteiger charge is -2.20. The molecule has 0 unspecified atom stereocenters. The van der Waals surface area contributed by atoms with E-state index in [1.807, 2.05) is 6.07 Å². The Balaban J connectivity index is 1.93. The number of rotatable bonds is 5. The fraction of sp³-hybridized carbons (Fsp3) is 0.235. The monoisotopic (exact) mass is 315 g/mol. The van der Waals surface area contributed by atoms with Gasteiger partial charge in [-0.1, -0.05) is 13.0 Å². The van der Waals surface area contributed by atoms with Gasteiger partial charge >= 0.3 is 5.63 Å². The highest BCUT2D eigenvalue weighted by Gasteiger charge is 2.11. The minimum Gasteiger partial charge on any atom is -0.508 e. The summed E-state index contributed by atoms with van der Waals surface area (Å²) in [6, 6.07) is 10.6. The average molecular weight is 315 g/mol. The summed E-state index contributed by atoms with van der Waals surface area (Å²) in [5.41, 5.74) is 0.958. The molecule has 2 aromatic heterocycles. The molecule has 1 aromatic carbocycles. The molecule has 0 saturated carbocycles. The van der Waals surface area contributed by atoms with Gasteiger partial charge in [-0.15, -0.1) is 11.3 Å². The molecular formula is C17H17NO3S. The van der Waals surface area contributed by atoms with Gasteiger partial charge in [-0.3, -0.25) is 4.90 Å². The number of hydrogen-bond donors (Lipinski definition) is 1. The summed E-state index contributed by atoms with van der Waals surface area (Å²) in [6.45, 7) is 4.51. The topological polar surface area (TPSA) is 53.7 Å². The minimum absolute atomic E-state index is 0.0960. The van der Waals surface area contributed by atoms with Crippen LogP contribution in [0.4, 0.5) is 0 Å². The van der Waals surface area contributed by atoms with E-state index in [1.165, 1.54) is 17.0 Å². The second-order valence-electron chi connectivity index (χ2n) is 5.15. The van der Waals surface area contributed by atoms with Crippen molar-refractivity contribution in [3.05, 3.63) is 62.6 Å². The van der Waals surface area contributed by atoms with Gasteiger partial charge < -0.3 is 9.52 Å². The highest BCUT2D eigenvalue weighted by atomic mass is 32.1. The van der Waals surface area contributed by atoms with Crippen LogP contribution in [0.5, 0.6) is 5.75 Å². The van der Waals surface area contributed by atoms with Crippen LogP contribution in [0, 0.1) is 0 Å². The van der Waals surface area contributed by atoms with E-state index < -0.39 is 0 Å². The summed E-state index contributed by atoms with van der Waals surface area (Å²) in [6.07, 6.45) is 0. The maximum Gasteiger partial charge on any atom is 0.336 e.